The standard InChI is InChI=1S/C13H20N4O3/c1-3-13(4-2,9-14)16-12(18)15-10-6-5-7-11(8-10)17(19)20/h5-8H,3-4,9,14H2,1-2H3,(H2,15,16,18). The number of amides is 2. The van der Waals surface area contributed by atoms with Gasteiger partial charge in [0.15, 0.2) is 0 Å². The number of nitrogens with one attached hydrogen (secondary N) is 2. The molecule has 0 saturated heterocycles. The van der Waals surface area contributed by atoms with Crippen LogP contribution in [0.25, 0.3) is 0 Å². The first-order chi connectivity index (χ1) is 9.46. The van der Waals surface area contributed by atoms with E-state index in [9.17, 15) is 14.9 Å². The van der Waals surface area contributed by atoms with Crippen LogP contribution in [0.15, 0.2) is 24.3 Å². The molecule has 2 amide bonds. The summed E-state index contributed by atoms with van der Waals surface area (Å²) < 4.78 is 0. The smallest absolute Gasteiger partial charge is 0.319 e. The number of hydrogen-bond donors (Lipinski definition) is 3. The van der Waals surface area contributed by atoms with Gasteiger partial charge < -0.3 is 16.4 Å². The van der Waals surface area contributed by atoms with Crippen LogP contribution in [0.1, 0.15) is 26.7 Å². The predicted octanol–water partition coefficient (Wildman–Crippen LogP) is 2.23. The second kappa shape index (κ2) is 6.85. The highest BCUT2D eigenvalue weighted by atomic mass is 16.6. The van der Waals surface area contributed by atoms with Crippen molar-refractivity contribution in [1.29, 1.82) is 0 Å². The molecule has 0 saturated carbocycles. The third-order valence-corrected chi connectivity index (χ3v) is 3.44. The zero-order valence-corrected chi connectivity index (χ0v) is 11.7. The summed E-state index contributed by atoms with van der Waals surface area (Å²) >= 11 is 0. The summed E-state index contributed by atoms with van der Waals surface area (Å²) in [5, 5.41) is 16.1. The van der Waals surface area contributed by atoms with E-state index in [1.54, 1.807) is 6.07 Å². The van der Waals surface area contributed by atoms with Gasteiger partial charge in [-0.25, -0.2) is 4.79 Å². The van der Waals surface area contributed by atoms with Gasteiger partial charge in [0, 0.05) is 24.4 Å². The lowest BCUT2D eigenvalue weighted by atomic mass is 9.93. The zero-order valence-electron chi connectivity index (χ0n) is 11.7. The number of nitro groups is 1. The number of hydrogen-bond acceptors (Lipinski definition) is 4. The topological polar surface area (TPSA) is 110 Å². The van der Waals surface area contributed by atoms with E-state index >= 15 is 0 Å². The maximum Gasteiger partial charge on any atom is 0.319 e. The van der Waals surface area contributed by atoms with Gasteiger partial charge in [-0.15, -0.1) is 0 Å². The first-order valence-electron chi connectivity index (χ1n) is 6.50. The maximum atomic E-state index is 11.9. The molecule has 0 radical (unpaired) electrons. The lowest BCUT2D eigenvalue weighted by Crippen LogP contribution is -2.54. The summed E-state index contributed by atoms with van der Waals surface area (Å²) in [6, 6.07) is 5.37. The third-order valence-electron chi connectivity index (χ3n) is 3.44. The van der Waals surface area contributed by atoms with Crippen molar-refractivity contribution in [2.75, 3.05) is 11.9 Å². The van der Waals surface area contributed by atoms with Crippen LogP contribution in [0.3, 0.4) is 0 Å². The number of nitrogens with two attached hydrogens (primary N) is 1. The van der Waals surface area contributed by atoms with Gasteiger partial charge >= 0.3 is 6.03 Å². The fourth-order valence-electron chi connectivity index (χ4n) is 1.87. The number of non-ortho nitro benzene ring substituents is 1. The molecule has 1 aromatic carbocycles. The van der Waals surface area contributed by atoms with Gasteiger partial charge in [-0.3, -0.25) is 10.1 Å². The molecular weight excluding hydrogens is 260 g/mol. The van der Waals surface area contributed by atoms with E-state index in [0.29, 0.717) is 25.1 Å². The van der Waals surface area contributed by atoms with Crippen LogP contribution in [0.2, 0.25) is 0 Å². The van der Waals surface area contributed by atoms with Gasteiger partial charge in [-0.05, 0) is 18.9 Å². The Bertz CT molecular complexity index is 478. The van der Waals surface area contributed by atoms with Crippen LogP contribution >= 0.6 is 0 Å². The minimum absolute atomic E-state index is 0.0705. The Morgan fingerprint density at radius 3 is 2.55 bits per heavy atom. The number of benzene rings is 1. The second-order valence-corrected chi connectivity index (χ2v) is 4.58. The second-order valence-electron chi connectivity index (χ2n) is 4.58. The first-order valence-corrected chi connectivity index (χ1v) is 6.50. The molecule has 0 bridgehead atoms. The molecule has 0 atom stereocenters. The Hall–Kier alpha value is -2.15. The minimum Gasteiger partial charge on any atom is -0.331 e. The molecule has 0 unspecified atom stereocenters. The fourth-order valence-corrected chi connectivity index (χ4v) is 1.87. The minimum atomic E-state index is -0.509. The van der Waals surface area contributed by atoms with E-state index in [2.05, 4.69) is 10.6 Å². The summed E-state index contributed by atoms with van der Waals surface area (Å²) in [5.41, 5.74) is 5.55. The van der Waals surface area contributed by atoms with Gasteiger partial charge in [0.1, 0.15) is 0 Å². The molecule has 1 rings (SSSR count). The Labute approximate surface area is 117 Å². The molecule has 0 spiro atoms. The largest absolute Gasteiger partial charge is 0.331 e. The van der Waals surface area contributed by atoms with Crippen molar-refractivity contribution in [1.82, 2.24) is 5.32 Å². The summed E-state index contributed by atoms with van der Waals surface area (Å²) in [6.45, 7) is 4.23. The molecule has 0 aromatic heterocycles. The first kappa shape index (κ1) is 15.9. The highest BCUT2D eigenvalue weighted by molar-refractivity contribution is 5.90. The molecule has 1 aromatic rings. The monoisotopic (exact) mass is 280 g/mol. The van der Waals surface area contributed by atoms with Crippen LogP contribution in [-0.4, -0.2) is 23.0 Å². The highest BCUT2D eigenvalue weighted by Gasteiger charge is 2.26. The molecule has 0 aliphatic heterocycles. The molecule has 110 valence electrons. The molecule has 0 aliphatic carbocycles. The van der Waals surface area contributed by atoms with Crippen LogP contribution in [-0.2, 0) is 0 Å². The lowest BCUT2D eigenvalue weighted by molar-refractivity contribution is -0.384. The van der Waals surface area contributed by atoms with Crippen LogP contribution in [0, 0.1) is 10.1 Å². The number of carbonyl (C=O) groups excluding carboxylic acids is 1. The molecule has 7 heteroatoms. The molecule has 4 N–H and O–H groups in total. The number of nitro benzene ring substituents is 1. The van der Waals surface area contributed by atoms with E-state index in [4.69, 9.17) is 5.73 Å². The van der Waals surface area contributed by atoms with E-state index in [1.807, 2.05) is 13.8 Å². The van der Waals surface area contributed by atoms with Crippen molar-refractivity contribution in [2.45, 2.75) is 32.2 Å². The van der Waals surface area contributed by atoms with Crippen LogP contribution in [0.4, 0.5) is 16.2 Å². The summed E-state index contributed by atoms with van der Waals surface area (Å²) in [7, 11) is 0. The molecule has 7 nitrogen and oxygen atoms in total. The van der Waals surface area contributed by atoms with E-state index in [-0.39, 0.29) is 5.69 Å². The number of rotatable bonds is 6. The molecule has 0 fully saturated rings. The average Bonchev–Trinajstić information content (AvgIpc) is 2.45. The van der Waals surface area contributed by atoms with Crippen LogP contribution < -0.4 is 16.4 Å². The third kappa shape index (κ3) is 3.92. The summed E-state index contributed by atoms with van der Waals surface area (Å²) in [5.74, 6) is 0. The molecular formula is C13H20N4O3. The quantitative estimate of drug-likeness (QED) is 0.548. The lowest BCUT2D eigenvalue weighted by Gasteiger charge is -2.31. The fraction of sp³-hybridized carbons (Fsp3) is 0.462. The van der Waals surface area contributed by atoms with Crippen molar-refractivity contribution in [3.05, 3.63) is 34.4 Å². The highest BCUT2D eigenvalue weighted by Crippen LogP contribution is 2.18. The number of anilines is 1. The van der Waals surface area contributed by atoms with E-state index in [1.165, 1.54) is 18.2 Å². The predicted molar refractivity (Wildman–Crippen MR) is 77.6 cm³/mol. The van der Waals surface area contributed by atoms with Gasteiger partial charge in [0.2, 0.25) is 0 Å². The average molecular weight is 280 g/mol. The van der Waals surface area contributed by atoms with E-state index < -0.39 is 16.5 Å². The van der Waals surface area contributed by atoms with Crippen molar-refractivity contribution >= 4 is 17.4 Å². The van der Waals surface area contributed by atoms with Gasteiger partial charge in [-0.1, -0.05) is 19.9 Å². The van der Waals surface area contributed by atoms with Crippen molar-refractivity contribution in [3.63, 3.8) is 0 Å². The Morgan fingerprint density at radius 1 is 1.40 bits per heavy atom. The Morgan fingerprint density at radius 2 is 2.05 bits per heavy atom. The zero-order chi connectivity index (χ0) is 15.2. The molecule has 20 heavy (non-hydrogen) atoms. The summed E-state index contributed by atoms with van der Waals surface area (Å²) in [6.07, 6.45) is 1.42. The number of carbonyl (C=O) groups is 1. The van der Waals surface area contributed by atoms with Crippen LogP contribution in [0.5, 0.6) is 0 Å². The van der Waals surface area contributed by atoms with Gasteiger partial charge in [-0.2, -0.15) is 0 Å². The van der Waals surface area contributed by atoms with E-state index in [0.717, 1.165) is 0 Å². The van der Waals surface area contributed by atoms with Crippen molar-refractivity contribution < 1.29 is 9.72 Å². The normalized spacial score (nSPS) is 10.9. The molecule has 0 heterocycles. The molecule has 0 aliphatic rings. The maximum absolute atomic E-state index is 11.9. The van der Waals surface area contributed by atoms with Crippen molar-refractivity contribution in [3.8, 4) is 0 Å². The summed E-state index contributed by atoms with van der Waals surface area (Å²) in [4.78, 5) is 22.1. The number of nitrogens with zero attached hydrogens (tertiary/aromatic N) is 1. The Kier molecular flexibility index (Phi) is 5.45. The van der Waals surface area contributed by atoms with Gasteiger partial charge in [0.05, 0.1) is 10.5 Å². The Balaban J connectivity index is 2.76. The van der Waals surface area contributed by atoms with Crippen molar-refractivity contribution in [2.24, 2.45) is 5.73 Å². The van der Waals surface area contributed by atoms with Gasteiger partial charge in [0.25, 0.3) is 5.69 Å². The number of urea groups is 1. The SMILES string of the molecule is CCC(CC)(CN)NC(=O)Nc1cccc([N+](=O)[O-])c1.